The normalized spacial score (nSPS) is 19.9. The highest BCUT2D eigenvalue weighted by atomic mass is 19.1. The smallest absolute Gasteiger partial charge is 0.337 e. The number of rotatable bonds is 2. The van der Waals surface area contributed by atoms with Crippen LogP contribution in [0.3, 0.4) is 0 Å². The first-order chi connectivity index (χ1) is 7.09. The van der Waals surface area contributed by atoms with Crippen molar-refractivity contribution in [2.45, 2.75) is 19.4 Å². The molecule has 2 rings (SSSR count). The predicted octanol–water partition coefficient (Wildman–Crippen LogP) is 2.12. The molecular formula is C11H12FNO2. The number of halogens is 1. The van der Waals surface area contributed by atoms with E-state index in [1.165, 1.54) is 18.2 Å². The monoisotopic (exact) mass is 209 g/mol. The van der Waals surface area contributed by atoms with Crippen LogP contribution in [0.2, 0.25) is 0 Å². The van der Waals surface area contributed by atoms with Crippen molar-refractivity contribution in [3.8, 4) is 0 Å². The number of carboxylic acids is 1. The van der Waals surface area contributed by atoms with Crippen LogP contribution in [0, 0.1) is 5.82 Å². The molecule has 0 bridgehead atoms. The minimum Gasteiger partial charge on any atom is -0.478 e. The minimum absolute atomic E-state index is 0.169. The van der Waals surface area contributed by atoms with E-state index in [0.717, 1.165) is 13.0 Å². The second kappa shape index (κ2) is 3.53. The van der Waals surface area contributed by atoms with Crippen molar-refractivity contribution in [3.05, 3.63) is 29.6 Å². The van der Waals surface area contributed by atoms with Crippen molar-refractivity contribution in [1.82, 2.24) is 0 Å². The van der Waals surface area contributed by atoms with Gasteiger partial charge < -0.3 is 10.0 Å². The summed E-state index contributed by atoms with van der Waals surface area (Å²) in [5.41, 5.74) is 0.657. The molecule has 4 heteroatoms. The van der Waals surface area contributed by atoms with E-state index in [2.05, 4.69) is 0 Å². The quantitative estimate of drug-likeness (QED) is 0.811. The second-order valence-corrected chi connectivity index (χ2v) is 3.80. The van der Waals surface area contributed by atoms with Crippen LogP contribution in [0.5, 0.6) is 0 Å². The Balaban J connectivity index is 2.42. The van der Waals surface area contributed by atoms with E-state index in [4.69, 9.17) is 5.11 Å². The van der Waals surface area contributed by atoms with Gasteiger partial charge in [0.05, 0.1) is 11.3 Å². The van der Waals surface area contributed by atoms with Crippen LogP contribution in [0.1, 0.15) is 23.7 Å². The number of nitrogens with zero attached hydrogens (tertiary/aromatic N) is 1. The van der Waals surface area contributed by atoms with Gasteiger partial charge in [-0.25, -0.2) is 9.18 Å². The fourth-order valence-corrected chi connectivity index (χ4v) is 1.80. The Kier molecular flexibility index (Phi) is 2.34. The van der Waals surface area contributed by atoms with Gasteiger partial charge in [0.15, 0.2) is 0 Å². The SMILES string of the molecule is CC1CCN1c1cc(F)ccc1C(=O)O. The van der Waals surface area contributed by atoms with Gasteiger partial charge in [0.25, 0.3) is 0 Å². The third-order valence-electron chi connectivity index (χ3n) is 2.82. The molecule has 1 aromatic carbocycles. The van der Waals surface area contributed by atoms with Gasteiger partial charge >= 0.3 is 5.97 Å². The first kappa shape index (κ1) is 9.96. The molecule has 0 amide bonds. The number of anilines is 1. The molecule has 1 fully saturated rings. The molecule has 0 radical (unpaired) electrons. The van der Waals surface area contributed by atoms with Crippen molar-refractivity contribution in [3.63, 3.8) is 0 Å². The number of hydrogen-bond donors (Lipinski definition) is 1. The molecule has 1 atom stereocenters. The minimum atomic E-state index is -1.01. The summed E-state index contributed by atoms with van der Waals surface area (Å²) >= 11 is 0. The zero-order valence-corrected chi connectivity index (χ0v) is 8.40. The molecule has 1 aliphatic rings. The molecule has 15 heavy (non-hydrogen) atoms. The van der Waals surface area contributed by atoms with E-state index in [1.54, 1.807) is 0 Å². The highest BCUT2D eigenvalue weighted by molar-refractivity contribution is 5.94. The van der Waals surface area contributed by atoms with E-state index in [0.29, 0.717) is 11.7 Å². The summed E-state index contributed by atoms with van der Waals surface area (Å²) in [6.45, 7) is 2.80. The molecular weight excluding hydrogens is 197 g/mol. The van der Waals surface area contributed by atoms with E-state index >= 15 is 0 Å². The fraction of sp³-hybridized carbons (Fsp3) is 0.364. The lowest BCUT2D eigenvalue weighted by Crippen LogP contribution is -2.46. The number of carbonyl (C=O) groups is 1. The van der Waals surface area contributed by atoms with E-state index in [1.807, 2.05) is 11.8 Å². The molecule has 80 valence electrons. The Bertz CT molecular complexity index is 406. The van der Waals surface area contributed by atoms with Gasteiger partial charge in [0.2, 0.25) is 0 Å². The maximum atomic E-state index is 13.0. The van der Waals surface area contributed by atoms with Crippen LogP contribution < -0.4 is 4.90 Å². The summed E-state index contributed by atoms with van der Waals surface area (Å²) in [7, 11) is 0. The van der Waals surface area contributed by atoms with Gasteiger partial charge in [0.1, 0.15) is 5.82 Å². The van der Waals surface area contributed by atoms with Crippen molar-refractivity contribution in [1.29, 1.82) is 0 Å². The van der Waals surface area contributed by atoms with E-state index < -0.39 is 11.8 Å². The van der Waals surface area contributed by atoms with Gasteiger partial charge in [-0.1, -0.05) is 0 Å². The van der Waals surface area contributed by atoms with Crippen LogP contribution in [0.4, 0.5) is 10.1 Å². The molecule has 3 nitrogen and oxygen atoms in total. The third kappa shape index (κ3) is 1.67. The highest BCUT2D eigenvalue weighted by Gasteiger charge is 2.27. The first-order valence-electron chi connectivity index (χ1n) is 4.89. The molecule has 0 saturated carbocycles. The summed E-state index contributed by atoms with van der Waals surface area (Å²) in [5, 5.41) is 8.96. The average molecular weight is 209 g/mol. The Hall–Kier alpha value is -1.58. The third-order valence-corrected chi connectivity index (χ3v) is 2.82. The Morgan fingerprint density at radius 3 is 2.80 bits per heavy atom. The van der Waals surface area contributed by atoms with Crippen LogP contribution >= 0.6 is 0 Å². The molecule has 1 aliphatic heterocycles. The summed E-state index contributed by atoms with van der Waals surface area (Å²) in [6, 6.07) is 4.08. The molecule has 1 saturated heterocycles. The maximum Gasteiger partial charge on any atom is 0.337 e. The lowest BCUT2D eigenvalue weighted by molar-refractivity contribution is 0.0697. The predicted molar refractivity (Wildman–Crippen MR) is 54.8 cm³/mol. The van der Waals surface area contributed by atoms with E-state index in [9.17, 15) is 9.18 Å². The van der Waals surface area contributed by atoms with Gasteiger partial charge in [-0.2, -0.15) is 0 Å². The van der Waals surface area contributed by atoms with Gasteiger partial charge in [0, 0.05) is 12.6 Å². The lowest BCUT2D eigenvalue weighted by atomic mass is 10.0. The molecule has 0 aliphatic carbocycles. The Labute approximate surface area is 87.1 Å². The summed E-state index contributed by atoms with van der Waals surface area (Å²) in [5.74, 6) is -1.40. The molecule has 0 aromatic heterocycles. The largest absolute Gasteiger partial charge is 0.478 e. The zero-order valence-electron chi connectivity index (χ0n) is 8.40. The van der Waals surface area contributed by atoms with Crippen molar-refractivity contribution < 1.29 is 14.3 Å². The maximum absolute atomic E-state index is 13.0. The highest BCUT2D eigenvalue weighted by Crippen LogP contribution is 2.30. The second-order valence-electron chi connectivity index (χ2n) is 3.80. The van der Waals surface area contributed by atoms with Crippen molar-refractivity contribution >= 4 is 11.7 Å². The first-order valence-corrected chi connectivity index (χ1v) is 4.89. The van der Waals surface area contributed by atoms with Crippen LogP contribution in [-0.2, 0) is 0 Å². The van der Waals surface area contributed by atoms with Crippen LogP contribution in [0.25, 0.3) is 0 Å². The number of carboxylic acid groups (broad SMARTS) is 1. The van der Waals surface area contributed by atoms with E-state index in [-0.39, 0.29) is 5.56 Å². The number of benzene rings is 1. The van der Waals surface area contributed by atoms with Crippen LogP contribution in [0.15, 0.2) is 18.2 Å². The molecule has 1 aromatic rings. The molecule has 1 heterocycles. The summed E-state index contributed by atoms with van der Waals surface area (Å²) in [4.78, 5) is 12.8. The summed E-state index contributed by atoms with van der Waals surface area (Å²) < 4.78 is 13.0. The lowest BCUT2D eigenvalue weighted by Gasteiger charge is -2.41. The molecule has 1 N–H and O–H groups in total. The average Bonchev–Trinajstić information content (AvgIpc) is 2.15. The molecule has 1 unspecified atom stereocenters. The van der Waals surface area contributed by atoms with Gasteiger partial charge in [-0.05, 0) is 31.5 Å². The topological polar surface area (TPSA) is 40.5 Å². The number of aromatic carboxylic acids is 1. The summed E-state index contributed by atoms with van der Waals surface area (Å²) in [6.07, 6.45) is 1.02. The standard InChI is InChI=1S/C11H12FNO2/c1-7-4-5-13(7)10-6-8(12)2-3-9(10)11(14)15/h2-3,6-7H,4-5H2,1H3,(H,14,15). The fourth-order valence-electron chi connectivity index (χ4n) is 1.80. The van der Waals surface area contributed by atoms with Gasteiger partial charge in [-0.3, -0.25) is 0 Å². The van der Waals surface area contributed by atoms with Crippen LogP contribution in [-0.4, -0.2) is 23.7 Å². The zero-order chi connectivity index (χ0) is 11.0. The Morgan fingerprint density at radius 1 is 1.60 bits per heavy atom. The molecule has 0 spiro atoms. The van der Waals surface area contributed by atoms with Gasteiger partial charge in [-0.15, -0.1) is 0 Å². The number of hydrogen-bond acceptors (Lipinski definition) is 2. The van der Waals surface area contributed by atoms with Crippen molar-refractivity contribution in [2.75, 3.05) is 11.4 Å². The Morgan fingerprint density at radius 2 is 2.33 bits per heavy atom. The van der Waals surface area contributed by atoms with Crippen molar-refractivity contribution in [2.24, 2.45) is 0 Å².